The highest BCUT2D eigenvalue weighted by atomic mass is 35.5. The lowest BCUT2D eigenvalue weighted by molar-refractivity contribution is -0.122. The zero-order valence-corrected chi connectivity index (χ0v) is 29.2. The first-order chi connectivity index (χ1) is 22.1. The Bertz CT molecular complexity index is 1650. The van der Waals surface area contributed by atoms with Crippen molar-refractivity contribution >= 4 is 65.4 Å². The number of carbonyl (C=O) groups is 3. The molecule has 3 N–H and O–H groups in total. The number of thiol groups is 2. The summed E-state index contributed by atoms with van der Waals surface area (Å²) in [5.74, 6) is 1.03. The molecule has 3 aromatic carbocycles. The van der Waals surface area contributed by atoms with Crippen LogP contribution in [0.5, 0.6) is 0 Å². The number of halogens is 1. The van der Waals surface area contributed by atoms with Crippen molar-refractivity contribution in [2.24, 2.45) is 0 Å². The minimum atomic E-state index is -0.376. The number of nitrogens with one attached hydrogen (secondary N) is 3. The summed E-state index contributed by atoms with van der Waals surface area (Å²) in [6.07, 6.45) is 1.24. The van der Waals surface area contributed by atoms with Crippen molar-refractivity contribution in [1.29, 1.82) is 0 Å². The Morgan fingerprint density at radius 1 is 0.870 bits per heavy atom. The number of aromatic nitrogens is 1. The number of nitrogens with zero attached hydrogens (tertiary/aromatic N) is 1. The van der Waals surface area contributed by atoms with E-state index in [2.05, 4.69) is 48.1 Å². The van der Waals surface area contributed by atoms with E-state index in [1.807, 2.05) is 56.3 Å². The van der Waals surface area contributed by atoms with Gasteiger partial charge in [-0.3, -0.25) is 19.0 Å². The molecule has 244 valence electrons. The van der Waals surface area contributed by atoms with Gasteiger partial charge in [0, 0.05) is 71.7 Å². The first-order valence-electron chi connectivity index (χ1n) is 15.6. The van der Waals surface area contributed by atoms with Crippen molar-refractivity contribution in [3.05, 3.63) is 105 Å². The minimum Gasteiger partial charge on any atom is -0.351 e. The smallest absolute Gasteiger partial charge is 0.262 e. The Hall–Kier alpha value is -3.08. The summed E-state index contributed by atoms with van der Waals surface area (Å²) in [5, 5.41) is 11.1. The normalized spacial score (nSPS) is 12.7. The van der Waals surface area contributed by atoms with E-state index in [-0.39, 0.29) is 30.1 Å². The zero-order chi connectivity index (χ0) is 33.2. The lowest BCUT2D eigenvalue weighted by Gasteiger charge is -2.18. The number of carbonyl (C=O) groups excluding carboxylic acids is 3. The van der Waals surface area contributed by atoms with Gasteiger partial charge >= 0.3 is 0 Å². The molecule has 1 heterocycles. The van der Waals surface area contributed by atoms with E-state index in [1.54, 1.807) is 28.8 Å². The van der Waals surface area contributed by atoms with Crippen LogP contribution in [-0.4, -0.2) is 58.8 Å². The topological polar surface area (TPSA) is 92.2 Å². The summed E-state index contributed by atoms with van der Waals surface area (Å²) in [6.45, 7) is 7.80. The molecule has 0 spiro atoms. The van der Waals surface area contributed by atoms with Crippen LogP contribution in [0, 0.1) is 13.8 Å². The van der Waals surface area contributed by atoms with Gasteiger partial charge in [0.05, 0.1) is 11.6 Å². The van der Waals surface area contributed by atoms with Gasteiger partial charge in [0.1, 0.15) is 5.78 Å². The molecule has 1 unspecified atom stereocenters. The average molecular weight is 679 g/mol. The van der Waals surface area contributed by atoms with Gasteiger partial charge in [-0.25, -0.2) is 0 Å². The van der Waals surface area contributed by atoms with Gasteiger partial charge in [-0.05, 0) is 80.3 Å². The minimum absolute atomic E-state index is 0.0892. The van der Waals surface area contributed by atoms with Crippen LogP contribution in [0.4, 0.5) is 0 Å². The molecule has 1 amide bonds. The average Bonchev–Trinajstić information content (AvgIpc) is 3.32. The number of amides is 1. The van der Waals surface area contributed by atoms with E-state index in [0.717, 1.165) is 51.1 Å². The fourth-order valence-electron chi connectivity index (χ4n) is 5.38. The fraction of sp³-hybridized carbons (Fsp3) is 0.361. The predicted octanol–water partition coefficient (Wildman–Crippen LogP) is 5.76. The second-order valence-corrected chi connectivity index (χ2v) is 12.9. The molecule has 0 saturated carbocycles. The van der Waals surface area contributed by atoms with Crippen LogP contribution in [0.1, 0.15) is 51.7 Å². The Morgan fingerprint density at radius 3 is 2.22 bits per heavy atom. The molecule has 0 radical (unpaired) electrons. The summed E-state index contributed by atoms with van der Waals surface area (Å²) in [4.78, 5) is 39.4. The molecule has 0 bridgehead atoms. The van der Waals surface area contributed by atoms with Crippen molar-refractivity contribution in [3.63, 3.8) is 0 Å². The maximum absolute atomic E-state index is 13.5. The van der Waals surface area contributed by atoms with Crippen LogP contribution in [0.25, 0.3) is 10.9 Å². The Kier molecular flexibility index (Phi) is 13.4. The van der Waals surface area contributed by atoms with E-state index >= 15 is 0 Å². The predicted molar refractivity (Wildman–Crippen MR) is 195 cm³/mol. The van der Waals surface area contributed by atoms with Crippen LogP contribution >= 0.6 is 36.9 Å². The number of hydrogen-bond acceptors (Lipinski definition) is 7. The van der Waals surface area contributed by atoms with Gasteiger partial charge in [-0.2, -0.15) is 25.3 Å². The number of ketones is 1. The van der Waals surface area contributed by atoms with E-state index in [1.165, 1.54) is 0 Å². The third-order valence-electron chi connectivity index (χ3n) is 8.12. The number of hydrogen-bond donors (Lipinski definition) is 5. The molecular formula is C36H43ClN4O3S2. The SMILES string of the molecule is Cc1ccc2c(c1)c(CC(=O)CCc1ccc(CNC(=O)C(CS)NCCN[C@@H](C)CS)cc1)c(C)n2C(=O)c1ccc(Cl)cc1. The van der Waals surface area contributed by atoms with Gasteiger partial charge in [0.15, 0.2) is 0 Å². The molecule has 7 nitrogen and oxygen atoms in total. The second kappa shape index (κ2) is 17.2. The number of aryl methyl sites for hydroxylation is 2. The van der Waals surface area contributed by atoms with Gasteiger partial charge in [0.25, 0.3) is 5.91 Å². The van der Waals surface area contributed by atoms with Gasteiger partial charge in [-0.15, -0.1) is 0 Å². The van der Waals surface area contributed by atoms with Crippen molar-refractivity contribution in [1.82, 2.24) is 20.5 Å². The molecule has 46 heavy (non-hydrogen) atoms. The van der Waals surface area contributed by atoms with E-state index < -0.39 is 0 Å². The van der Waals surface area contributed by atoms with Crippen molar-refractivity contribution in [2.45, 2.75) is 58.7 Å². The fourth-order valence-corrected chi connectivity index (χ4v) is 5.93. The molecular weight excluding hydrogens is 636 g/mol. The Morgan fingerprint density at radius 2 is 1.54 bits per heavy atom. The standard InChI is InChI=1S/C36H43ClN4O3S2/c1-23-4-15-34-32(18-23)31(25(3)41(34)36(44)28-10-12-29(37)13-11-28)19-30(42)14-9-26-5-7-27(8-6-26)20-40-35(43)33(22-46)39-17-16-38-24(2)21-45/h4-8,10-13,15,18,24,33,38-39,45-46H,9,14,16-17,19-22H2,1-3H3,(H,40,43)/t24-,33?/m0/s1. The molecule has 2 atom stereocenters. The third-order valence-corrected chi connectivity index (χ3v) is 9.29. The monoisotopic (exact) mass is 678 g/mol. The van der Waals surface area contributed by atoms with Crippen molar-refractivity contribution in [2.75, 3.05) is 24.6 Å². The summed E-state index contributed by atoms with van der Waals surface area (Å²) in [7, 11) is 0. The Balaban J connectivity index is 1.33. The first-order valence-corrected chi connectivity index (χ1v) is 17.2. The summed E-state index contributed by atoms with van der Waals surface area (Å²) in [6, 6.07) is 20.7. The lowest BCUT2D eigenvalue weighted by Crippen LogP contribution is -2.47. The third kappa shape index (κ3) is 9.48. The van der Waals surface area contributed by atoms with Crippen LogP contribution in [-0.2, 0) is 29.0 Å². The quantitative estimate of drug-likeness (QED) is 0.0769. The molecule has 0 aliphatic carbocycles. The van der Waals surface area contributed by atoms with E-state index in [0.29, 0.717) is 48.3 Å². The lowest BCUT2D eigenvalue weighted by atomic mass is 9.99. The highest BCUT2D eigenvalue weighted by molar-refractivity contribution is 7.80. The maximum Gasteiger partial charge on any atom is 0.262 e. The second-order valence-electron chi connectivity index (χ2n) is 11.7. The summed E-state index contributed by atoms with van der Waals surface area (Å²) < 4.78 is 1.70. The maximum atomic E-state index is 13.5. The summed E-state index contributed by atoms with van der Waals surface area (Å²) in [5.41, 5.74) is 6.08. The molecule has 0 aliphatic heterocycles. The molecule has 0 saturated heterocycles. The van der Waals surface area contributed by atoms with Crippen LogP contribution < -0.4 is 16.0 Å². The molecule has 0 aliphatic rings. The van der Waals surface area contributed by atoms with Gasteiger partial charge in [0.2, 0.25) is 5.91 Å². The van der Waals surface area contributed by atoms with Crippen molar-refractivity contribution in [3.8, 4) is 0 Å². The van der Waals surface area contributed by atoms with Crippen LogP contribution in [0.3, 0.4) is 0 Å². The van der Waals surface area contributed by atoms with Crippen LogP contribution in [0.15, 0.2) is 66.7 Å². The zero-order valence-electron chi connectivity index (χ0n) is 26.6. The molecule has 4 aromatic rings. The number of Topliss-reactive ketones (excluding diaryl/α,β-unsaturated/α-hetero) is 1. The van der Waals surface area contributed by atoms with Crippen molar-refractivity contribution < 1.29 is 14.4 Å². The van der Waals surface area contributed by atoms with Gasteiger partial charge < -0.3 is 16.0 Å². The molecule has 10 heteroatoms. The van der Waals surface area contributed by atoms with E-state index in [4.69, 9.17) is 11.6 Å². The molecule has 4 rings (SSSR count). The molecule has 0 fully saturated rings. The first kappa shape index (κ1) is 35.8. The number of rotatable bonds is 16. The highest BCUT2D eigenvalue weighted by Gasteiger charge is 2.22. The summed E-state index contributed by atoms with van der Waals surface area (Å²) >= 11 is 14.6. The van der Waals surface area contributed by atoms with E-state index in [9.17, 15) is 14.4 Å². The van der Waals surface area contributed by atoms with Crippen LogP contribution in [0.2, 0.25) is 5.02 Å². The Labute approximate surface area is 287 Å². The molecule has 1 aromatic heterocycles. The number of fused-ring (bicyclic) bond motifs is 1. The number of benzene rings is 3. The van der Waals surface area contributed by atoms with Gasteiger partial charge in [-0.1, -0.05) is 47.5 Å². The largest absolute Gasteiger partial charge is 0.351 e. The highest BCUT2D eigenvalue weighted by Crippen LogP contribution is 2.29.